The summed E-state index contributed by atoms with van der Waals surface area (Å²) < 4.78 is 33.8. The number of carbonyl (C=O) groups is 1. The van der Waals surface area contributed by atoms with E-state index in [2.05, 4.69) is 4.72 Å². The minimum atomic E-state index is -3.93. The lowest BCUT2D eigenvalue weighted by molar-refractivity contribution is 0.0754. The van der Waals surface area contributed by atoms with E-state index in [0.717, 1.165) is 10.4 Å². The first-order valence-corrected chi connectivity index (χ1v) is 12.3. The van der Waals surface area contributed by atoms with Crippen LogP contribution in [0.2, 0.25) is 5.02 Å². The zero-order chi connectivity index (χ0) is 22.4. The van der Waals surface area contributed by atoms with Crippen LogP contribution in [0.15, 0.2) is 64.9 Å². The number of rotatable bonds is 9. The maximum absolute atomic E-state index is 13.1. The SMILES string of the molecule is CCN(Cc1cccs1)C(=O)c1ccc(OC)c(S(=O)(=O)NCc2ccc(Cl)cc2)c1. The molecule has 0 aliphatic carbocycles. The number of nitrogens with zero attached hydrogens (tertiary/aromatic N) is 1. The Kier molecular flexibility index (Phi) is 7.72. The summed E-state index contributed by atoms with van der Waals surface area (Å²) in [5, 5.41) is 2.53. The maximum atomic E-state index is 13.1. The standard InChI is InChI=1S/C22H23ClN2O4S2/c1-3-25(15-19-5-4-12-30-19)22(26)17-8-11-20(29-2)21(13-17)31(27,28)24-14-16-6-9-18(23)10-7-16/h4-13,24H,3,14-15H2,1-2H3. The predicted octanol–water partition coefficient (Wildman–Crippen LogP) is 4.55. The van der Waals surface area contributed by atoms with Crippen molar-refractivity contribution in [2.24, 2.45) is 0 Å². The number of amides is 1. The molecule has 0 saturated carbocycles. The second-order valence-electron chi connectivity index (χ2n) is 6.72. The fraction of sp³-hybridized carbons (Fsp3) is 0.227. The molecule has 0 aliphatic rings. The Morgan fingerprint density at radius 2 is 1.90 bits per heavy atom. The van der Waals surface area contributed by atoms with E-state index in [9.17, 15) is 13.2 Å². The molecule has 6 nitrogen and oxygen atoms in total. The highest BCUT2D eigenvalue weighted by Gasteiger charge is 2.23. The van der Waals surface area contributed by atoms with Gasteiger partial charge < -0.3 is 9.64 Å². The van der Waals surface area contributed by atoms with Gasteiger partial charge in [0.05, 0.1) is 13.7 Å². The summed E-state index contributed by atoms with van der Waals surface area (Å²) in [4.78, 5) is 15.7. The van der Waals surface area contributed by atoms with Gasteiger partial charge in [-0.2, -0.15) is 0 Å². The number of ether oxygens (including phenoxy) is 1. The molecule has 9 heteroatoms. The van der Waals surface area contributed by atoms with Gasteiger partial charge in [-0.1, -0.05) is 29.8 Å². The summed E-state index contributed by atoms with van der Waals surface area (Å²) in [6.07, 6.45) is 0. The van der Waals surface area contributed by atoms with Crippen molar-refractivity contribution in [3.63, 3.8) is 0 Å². The van der Waals surface area contributed by atoms with Crippen LogP contribution in [0.5, 0.6) is 5.75 Å². The normalized spacial score (nSPS) is 11.3. The molecule has 0 spiro atoms. The molecule has 0 saturated heterocycles. The van der Waals surface area contributed by atoms with E-state index in [1.54, 1.807) is 46.6 Å². The fourth-order valence-corrected chi connectivity index (χ4v) is 5.03. The molecule has 0 atom stereocenters. The number of halogens is 1. The van der Waals surface area contributed by atoms with Crippen molar-refractivity contribution in [2.75, 3.05) is 13.7 Å². The molecule has 1 amide bonds. The first-order chi connectivity index (χ1) is 14.8. The van der Waals surface area contributed by atoms with Crippen LogP contribution in [0.3, 0.4) is 0 Å². The van der Waals surface area contributed by atoms with Crippen LogP contribution in [0.25, 0.3) is 0 Å². The van der Waals surface area contributed by atoms with Crippen LogP contribution in [-0.4, -0.2) is 32.9 Å². The number of hydrogen-bond donors (Lipinski definition) is 1. The second kappa shape index (κ2) is 10.3. The van der Waals surface area contributed by atoms with Crippen molar-refractivity contribution in [2.45, 2.75) is 24.9 Å². The van der Waals surface area contributed by atoms with E-state index in [1.807, 2.05) is 24.4 Å². The Labute approximate surface area is 191 Å². The Morgan fingerprint density at radius 1 is 1.16 bits per heavy atom. The minimum Gasteiger partial charge on any atom is -0.495 e. The average molecular weight is 479 g/mol. The summed E-state index contributed by atoms with van der Waals surface area (Å²) in [7, 11) is -2.53. The van der Waals surface area contributed by atoms with Crippen molar-refractivity contribution in [1.29, 1.82) is 0 Å². The summed E-state index contributed by atoms with van der Waals surface area (Å²) in [6, 6.07) is 15.2. The van der Waals surface area contributed by atoms with Crippen molar-refractivity contribution in [3.8, 4) is 5.75 Å². The summed E-state index contributed by atoms with van der Waals surface area (Å²) >= 11 is 7.45. The van der Waals surface area contributed by atoms with Crippen LogP contribution in [0.1, 0.15) is 27.7 Å². The quantitative estimate of drug-likeness (QED) is 0.489. The molecule has 164 valence electrons. The number of nitrogens with one attached hydrogen (secondary N) is 1. The van der Waals surface area contributed by atoms with Gasteiger partial charge in [-0.05, 0) is 54.3 Å². The molecule has 3 aromatic rings. The van der Waals surface area contributed by atoms with Gasteiger partial charge in [-0.15, -0.1) is 11.3 Å². The largest absolute Gasteiger partial charge is 0.495 e. The van der Waals surface area contributed by atoms with E-state index >= 15 is 0 Å². The fourth-order valence-electron chi connectivity index (χ4n) is 2.98. The lowest BCUT2D eigenvalue weighted by atomic mass is 10.2. The average Bonchev–Trinajstić information content (AvgIpc) is 3.29. The zero-order valence-corrected chi connectivity index (χ0v) is 19.6. The van der Waals surface area contributed by atoms with Crippen molar-refractivity contribution in [1.82, 2.24) is 9.62 Å². The first kappa shape index (κ1) is 23.3. The van der Waals surface area contributed by atoms with Crippen LogP contribution in [0, 0.1) is 0 Å². The van der Waals surface area contributed by atoms with Gasteiger partial charge in [-0.25, -0.2) is 13.1 Å². The van der Waals surface area contributed by atoms with Gasteiger partial charge in [0.15, 0.2) is 0 Å². The third-order valence-electron chi connectivity index (χ3n) is 4.68. The maximum Gasteiger partial charge on any atom is 0.254 e. The third kappa shape index (κ3) is 5.86. The number of sulfonamides is 1. The van der Waals surface area contributed by atoms with Gasteiger partial charge in [-0.3, -0.25) is 4.79 Å². The molecule has 31 heavy (non-hydrogen) atoms. The van der Waals surface area contributed by atoms with Crippen molar-refractivity contribution < 1.29 is 17.9 Å². The molecule has 1 heterocycles. The Morgan fingerprint density at radius 3 is 2.52 bits per heavy atom. The van der Waals surface area contributed by atoms with Crippen LogP contribution in [-0.2, 0) is 23.1 Å². The van der Waals surface area contributed by atoms with Gasteiger partial charge in [0.1, 0.15) is 10.6 Å². The number of hydrogen-bond acceptors (Lipinski definition) is 5. The monoisotopic (exact) mass is 478 g/mol. The highest BCUT2D eigenvalue weighted by atomic mass is 35.5. The van der Waals surface area contributed by atoms with E-state index in [1.165, 1.54) is 19.2 Å². The van der Waals surface area contributed by atoms with Gasteiger partial charge in [0.2, 0.25) is 10.0 Å². The molecule has 3 rings (SSSR count). The smallest absolute Gasteiger partial charge is 0.254 e. The van der Waals surface area contributed by atoms with Crippen molar-refractivity contribution >= 4 is 38.9 Å². The van der Waals surface area contributed by atoms with E-state index < -0.39 is 10.0 Å². The zero-order valence-electron chi connectivity index (χ0n) is 17.2. The van der Waals surface area contributed by atoms with E-state index in [-0.39, 0.29) is 28.7 Å². The molecular weight excluding hydrogens is 456 g/mol. The van der Waals surface area contributed by atoms with Gasteiger partial charge in [0.25, 0.3) is 5.91 Å². The lowest BCUT2D eigenvalue weighted by Crippen LogP contribution is -2.30. The van der Waals surface area contributed by atoms with E-state index in [0.29, 0.717) is 18.1 Å². The molecule has 0 bridgehead atoms. The highest BCUT2D eigenvalue weighted by Crippen LogP contribution is 2.26. The Bertz CT molecular complexity index is 1130. The molecule has 1 aromatic heterocycles. The van der Waals surface area contributed by atoms with Gasteiger partial charge in [0, 0.05) is 28.6 Å². The second-order valence-corrected chi connectivity index (χ2v) is 9.92. The Balaban J connectivity index is 1.84. The number of thiophene rings is 1. The van der Waals surface area contributed by atoms with Crippen LogP contribution >= 0.6 is 22.9 Å². The summed E-state index contributed by atoms with van der Waals surface area (Å²) in [6.45, 7) is 2.94. The molecule has 1 N–H and O–H groups in total. The Hall–Kier alpha value is -2.39. The highest BCUT2D eigenvalue weighted by molar-refractivity contribution is 7.89. The molecular formula is C22H23ClN2O4S2. The van der Waals surface area contributed by atoms with E-state index in [4.69, 9.17) is 16.3 Å². The summed E-state index contributed by atoms with van der Waals surface area (Å²) in [5.74, 6) is -0.0748. The molecule has 0 fully saturated rings. The predicted molar refractivity (Wildman–Crippen MR) is 123 cm³/mol. The number of carbonyl (C=O) groups excluding carboxylic acids is 1. The lowest BCUT2D eigenvalue weighted by Gasteiger charge is -2.21. The topological polar surface area (TPSA) is 75.7 Å². The molecule has 0 radical (unpaired) electrons. The minimum absolute atomic E-state index is 0.0815. The molecule has 0 unspecified atom stereocenters. The first-order valence-electron chi connectivity index (χ1n) is 9.58. The molecule has 0 aliphatic heterocycles. The summed E-state index contributed by atoms with van der Waals surface area (Å²) in [5.41, 5.74) is 1.04. The van der Waals surface area contributed by atoms with Gasteiger partial charge >= 0.3 is 0 Å². The van der Waals surface area contributed by atoms with Crippen LogP contribution in [0.4, 0.5) is 0 Å². The number of benzene rings is 2. The van der Waals surface area contributed by atoms with Crippen LogP contribution < -0.4 is 9.46 Å². The van der Waals surface area contributed by atoms with Crippen molar-refractivity contribution in [3.05, 3.63) is 81.0 Å². The molecule has 2 aromatic carbocycles. The number of methoxy groups -OCH3 is 1. The third-order valence-corrected chi connectivity index (χ3v) is 7.21.